The lowest BCUT2D eigenvalue weighted by Crippen LogP contribution is -2.29. The van der Waals surface area contributed by atoms with Gasteiger partial charge in [0.1, 0.15) is 0 Å². The monoisotopic (exact) mass is 468 g/mol. The van der Waals surface area contributed by atoms with Crippen LogP contribution in [0.3, 0.4) is 0 Å². The maximum absolute atomic E-state index is 12.8. The first-order valence-corrected chi connectivity index (χ1v) is 11.7. The minimum atomic E-state index is -3.47. The molecule has 0 unspecified atom stereocenters. The third-order valence-corrected chi connectivity index (χ3v) is 6.54. The summed E-state index contributed by atoms with van der Waals surface area (Å²) in [7, 11) is -3.47. The molecule has 0 radical (unpaired) electrons. The molecule has 0 saturated heterocycles. The lowest BCUT2D eigenvalue weighted by molar-refractivity contribution is 0.0924. The number of hydrogen-bond donors (Lipinski definition) is 1. The summed E-state index contributed by atoms with van der Waals surface area (Å²) < 4.78 is 23.6. The molecule has 0 spiro atoms. The first-order chi connectivity index (χ1) is 15.1. The zero-order chi connectivity index (χ0) is 23.2. The third kappa shape index (κ3) is 3.79. The number of nitrogens with one attached hydrogen (secondary N) is 1. The highest BCUT2D eigenvalue weighted by Crippen LogP contribution is 2.35. The SMILES string of the molecule is Cc1ccc(S(C)(=O)=O)cc1C(=O)Nc1ccc(N2C(=O)c3ccccc3C2=O)c(Cl)c1. The van der Waals surface area contributed by atoms with Crippen LogP contribution in [0, 0.1) is 6.92 Å². The summed E-state index contributed by atoms with van der Waals surface area (Å²) in [6.45, 7) is 1.69. The average molecular weight is 469 g/mol. The quantitative estimate of drug-likeness (QED) is 0.581. The predicted octanol–water partition coefficient (Wildman–Crippen LogP) is 4.10. The van der Waals surface area contributed by atoms with Crippen LogP contribution in [-0.4, -0.2) is 32.4 Å². The molecule has 3 amide bonds. The van der Waals surface area contributed by atoms with Crippen molar-refractivity contribution in [1.82, 2.24) is 0 Å². The second-order valence-corrected chi connectivity index (χ2v) is 9.78. The number of hydrogen-bond acceptors (Lipinski definition) is 5. The lowest BCUT2D eigenvalue weighted by atomic mass is 10.1. The van der Waals surface area contributed by atoms with Gasteiger partial charge in [0.2, 0.25) is 0 Å². The Labute approximate surface area is 189 Å². The van der Waals surface area contributed by atoms with Gasteiger partial charge < -0.3 is 5.32 Å². The standard InChI is InChI=1S/C23H17ClN2O5S/c1-13-7-9-15(32(2,30)31)12-18(13)21(27)25-14-8-10-20(19(24)11-14)26-22(28)16-5-3-4-6-17(16)23(26)29/h3-12H,1-2H3,(H,25,27). The first kappa shape index (κ1) is 21.7. The highest BCUT2D eigenvalue weighted by Gasteiger charge is 2.37. The molecule has 9 heteroatoms. The van der Waals surface area contributed by atoms with E-state index in [4.69, 9.17) is 11.6 Å². The molecule has 1 aliphatic heterocycles. The van der Waals surface area contributed by atoms with Crippen molar-refractivity contribution in [2.24, 2.45) is 0 Å². The fourth-order valence-electron chi connectivity index (χ4n) is 3.45. The smallest absolute Gasteiger partial charge is 0.266 e. The Bertz CT molecular complexity index is 1380. The Morgan fingerprint density at radius 1 is 0.938 bits per heavy atom. The zero-order valence-corrected chi connectivity index (χ0v) is 18.6. The number of aryl methyl sites for hydroxylation is 1. The fourth-order valence-corrected chi connectivity index (χ4v) is 4.36. The summed E-state index contributed by atoms with van der Waals surface area (Å²) in [5.41, 5.74) is 1.92. The summed E-state index contributed by atoms with van der Waals surface area (Å²) in [5, 5.41) is 2.77. The Balaban J connectivity index is 1.61. The van der Waals surface area contributed by atoms with Gasteiger partial charge in [0.15, 0.2) is 9.84 Å². The van der Waals surface area contributed by atoms with Gasteiger partial charge in [-0.2, -0.15) is 0 Å². The lowest BCUT2D eigenvalue weighted by Gasteiger charge is -2.17. The van der Waals surface area contributed by atoms with Crippen molar-refractivity contribution >= 4 is 50.5 Å². The molecule has 1 N–H and O–H groups in total. The number of fused-ring (bicyclic) bond motifs is 1. The van der Waals surface area contributed by atoms with Crippen LogP contribution >= 0.6 is 11.6 Å². The van der Waals surface area contributed by atoms with E-state index in [1.165, 1.54) is 30.3 Å². The number of benzene rings is 3. The van der Waals surface area contributed by atoms with E-state index in [1.54, 1.807) is 37.3 Å². The fraction of sp³-hybridized carbons (Fsp3) is 0.0870. The number of halogens is 1. The van der Waals surface area contributed by atoms with Gasteiger partial charge in [0.25, 0.3) is 17.7 Å². The molecule has 0 atom stereocenters. The van der Waals surface area contributed by atoms with E-state index in [1.807, 2.05) is 0 Å². The molecule has 0 aliphatic carbocycles. The summed E-state index contributed by atoms with van der Waals surface area (Å²) in [5.74, 6) is -1.47. The van der Waals surface area contributed by atoms with Gasteiger partial charge in [0.05, 0.1) is 26.7 Å². The van der Waals surface area contributed by atoms with Gasteiger partial charge in [-0.1, -0.05) is 29.8 Å². The largest absolute Gasteiger partial charge is 0.322 e. The Kier molecular flexibility index (Phi) is 5.36. The van der Waals surface area contributed by atoms with E-state index in [0.29, 0.717) is 22.4 Å². The highest BCUT2D eigenvalue weighted by molar-refractivity contribution is 7.90. The molecule has 0 aromatic heterocycles. The van der Waals surface area contributed by atoms with Gasteiger partial charge in [-0.05, 0) is 55.0 Å². The molecule has 7 nitrogen and oxygen atoms in total. The number of carbonyl (C=O) groups is 3. The van der Waals surface area contributed by atoms with Crippen LogP contribution in [0.25, 0.3) is 0 Å². The second-order valence-electron chi connectivity index (χ2n) is 7.36. The summed E-state index contributed by atoms with van der Waals surface area (Å²) >= 11 is 6.35. The molecule has 3 aromatic carbocycles. The van der Waals surface area contributed by atoms with Gasteiger partial charge in [-0.25, -0.2) is 13.3 Å². The molecule has 162 valence electrons. The topological polar surface area (TPSA) is 101 Å². The van der Waals surface area contributed by atoms with Crippen molar-refractivity contribution in [3.63, 3.8) is 0 Å². The Morgan fingerprint density at radius 2 is 1.56 bits per heavy atom. The van der Waals surface area contributed by atoms with E-state index in [2.05, 4.69) is 5.32 Å². The van der Waals surface area contributed by atoms with Crippen molar-refractivity contribution in [3.8, 4) is 0 Å². The van der Waals surface area contributed by atoms with Crippen LogP contribution < -0.4 is 10.2 Å². The van der Waals surface area contributed by atoms with E-state index in [0.717, 1.165) is 11.2 Å². The van der Waals surface area contributed by atoms with Crippen LogP contribution in [0.4, 0.5) is 11.4 Å². The third-order valence-electron chi connectivity index (χ3n) is 5.12. The van der Waals surface area contributed by atoms with Crippen molar-refractivity contribution in [1.29, 1.82) is 0 Å². The van der Waals surface area contributed by atoms with Crippen LogP contribution in [0.5, 0.6) is 0 Å². The molecule has 0 fully saturated rings. The van der Waals surface area contributed by atoms with Crippen LogP contribution in [0.2, 0.25) is 5.02 Å². The molecule has 4 rings (SSSR count). The number of anilines is 2. The first-order valence-electron chi connectivity index (χ1n) is 9.47. The molecule has 0 saturated carbocycles. The zero-order valence-electron chi connectivity index (χ0n) is 17.0. The van der Waals surface area contributed by atoms with Crippen molar-refractivity contribution in [2.45, 2.75) is 11.8 Å². The summed E-state index contributed by atoms with van der Waals surface area (Å²) in [6.07, 6.45) is 1.07. The highest BCUT2D eigenvalue weighted by atomic mass is 35.5. The molecule has 3 aromatic rings. The van der Waals surface area contributed by atoms with Gasteiger partial charge in [-0.3, -0.25) is 14.4 Å². The number of rotatable bonds is 4. The number of carbonyl (C=O) groups excluding carboxylic acids is 3. The maximum atomic E-state index is 12.8. The van der Waals surface area contributed by atoms with E-state index in [-0.39, 0.29) is 21.2 Å². The summed E-state index contributed by atoms with van der Waals surface area (Å²) in [4.78, 5) is 39.2. The molecular weight excluding hydrogens is 452 g/mol. The summed E-state index contributed by atoms with van der Waals surface area (Å²) in [6, 6.07) is 15.2. The van der Waals surface area contributed by atoms with Crippen LogP contribution in [-0.2, 0) is 9.84 Å². The maximum Gasteiger partial charge on any atom is 0.266 e. The van der Waals surface area contributed by atoms with Gasteiger partial charge in [-0.15, -0.1) is 0 Å². The number of imide groups is 1. The minimum Gasteiger partial charge on any atom is -0.322 e. The molecule has 1 heterocycles. The van der Waals surface area contributed by atoms with E-state index < -0.39 is 27.6 Å². The minimum absolute atomic E-state index is 0.0345. The molecule has 0 bridgehead atoms. The van der Waals surface area contributed by atoms with Crippen molar-refractivity contribution in [3.05, 3.63) is 87.9 Å². The van der Waals surface area contributed by atoms with Crippen molar-refractivity contribution in [2.75, 3.05) is 16.5 Å². The van der Waals surface area contributed by atoms with Crippen LogP contribution in [0.15, 0.2) is 65.6 Å². The van der Waals surface area contributed by atoms with Gasteiger partial charge >= 0.3 is 0 Å². The number of sulfone groups is 1. The second kappa shape index (κ2) is 7.89. The molecular formula is C23H17ClN2O5S. The van der Waals surface area contributed by atoms with E-state index >= 15 is 0 Å². The average Bonchev–Trinajstić information content (AvgIpc) is 2.98. The number of nitrogens with zero attached hydrogens (tertiary/aromatic N) is 1. The Hall–Kier alpha value is -3.49. The van der Waals surface area contributed by atoms with Crippen LogP contribution in [0.1, 0.15) is 36.6 Å². The normalized spacial score (nSPS) is 13.3. The van der Waals surface area contributed by atoms with Gasteiger partial charge in [0, 0.05) is 17.5 Å². The predicted molar refractivity (Wildman–Crippen MR) is 121 cm³/mol. The van der Waals surface area contributed by atoms with Crippen molar-refractivity contribution < 1.29 is 22.8 Å². The molecule has 32 heavy (non-hydrogen) atoms. The number of amides is 3. The Morgan fingerprint density at radius 3 is 2.12 bits per heavy atom. The molecule has 1 aliphatic rings. The van der Waals surface area contributed by atoms with E-state index in [9.17, 15) is 22.8 Å².